The summed E-state index contributed by atoms with van der Waals surface area (Å²) in [6.45, 7) is 0. The van der Waals surface area contributed by atoms with Crippen molar-refractivity contribution in [3.63, 3.8) is 0 Å². The van der Waals surface area contributed by atoms with Gasteiger partial charge in [-0.25, -0.2) is 8.78 Å². The summed E-state index contributed by atoms with van der Waals surface area (Å²) in [6, 6.07) is 10.6. The Morgan fingerprint density at radius 3 is 2.62 bits per heavy atom. The van der Waals surface area contributed by atoms with Gasteiger partial charge in [-0.3, -0.25) is 0 Å². The van der Waals surface area contributed by atoms with E-state index in [-0.39, 0.29) is 23.8 Å². The van der Waals surface area contributed by atoms with Crippen molar-refractivity contribution in [3.05, 3.63) is 65.5 Å². The predicted molar refractivity (Wildman–Crippen MR) is 73.3 cm³/mol. The van der Waals surface area contributed by atoms with Crippen molar-refractivity contribution in [2.75, 3.05) is 5.73 Å². The highest BCUT2D eigenvalue weighted by Crippen LogP contribution is 2.22. The zero-order valence-corrected chi connectivity index (χ0v) is 10.9. The summed E-state index contributed by atoms with van der Waals surface area (Å²) in [4.78, 5) is 4.14. The zero-order chi connectivity index (χ0) is 14.8. The van der Waals surface area contributed by atoms with E-state index in [0.717, 1.165) is 0 Å². The third-order valence-electron chi connectivity index (χ3n) is 3.02. The normalized spacial score (nSPS) is 10.8. The molecule has 6 heteroatoms. The van der Waals surface area contributed by atoms with Gasteiger partial charge < -0.3 is 10.3 Å². The summed E-state index contributed by atoms with van der Waals surface area (Å²) < 4.78 is 32.0. The van der Waals surface area contributed by atoms with Gasteiger partial charge >= 0.3 is 0 Å². The van der Waals surface area contributed by atoms with E-state index in [0.29, 0.717) is 17.0 Å². The molecule has 0 saturated heterocycles. The number of benzene rings is 2. The summed E-state index contributed by atoms with van der Waals surface area (Å²) in [5, 5.41) is 3.77. The molecule has 3 aromatic rings. The number of nitrogens with two attached hydrogens (primary N) is 1. The fraction of sp³-hybridized carbons (Fsp3) is 0.0667. The van der Waals surface area contributed by atoms with Gasteiger partial charge in [0.05, 0.1) is 5.69 Å². The molecule has 0 fully saturated rings. The van der Waals surface area contributed by atoms with E-state index in [4.69, 9.17) is 10.3 Å². The minimum Gasteiger partial charge on any atom is -0.396 e. The van der Waals surface area contributed by atoms with Gasteiger partial charge in [-0.05, 0) is 29.8 Å². The molecule has 3 rings (SSSR count). The second-order valence-electron chi connectivity index (χ2n) is 4.52. The van der Waals surface area contributed by atoms with Crippen LogP contribution in [0.3, 0.4) is 0 Å². The SMILES string of the molecule is Nc1ccc(-c2nc(Cc3ccccc3F)no2)cc1F. The monoisotopic (exact) mass is 287 g/mol. The van der Waals surface area contributed by atoms with Crippen LogP contribution in [0.5, 0.6) is 0 Å². The molecule has 2 N–H and O–H groups in total. The molecule has 0 radical (unpaired) electrons. The molecule has 106 valence electrons. The molecule has 1 aromatic heterocycles. The van der Waals surface area contributed by atoms with Crippen molar-refractivity contribution in [2.24, 2.45) is 0 Å². The molecular formula is C15H11F2N3O. The second kappa shape index (κ2) is 5.32. The van der Waals surface area contributed by atoms with E-state index < -0.39 is 5.82 Å². The van der Waals surface area contributed by atoms with E-state index in [1.807, 2.05) is 0 Å². The molecule has 0 saturated carbocycles. The van der Waals surface area contributed by atoms with Gasteiger partial charge in [-0.1, -0.05) is 23.4 Å². The van der Waals surface area contributed by atoms with Gasteiger partial charge in [-0.15, -0.1) is 0 Å². The second-order valence-corrected chi connectivity index (χ2v) is 4.52. The van der Waals surface area contributed by atoms with Crippen LogP contribution >= 0.6 is 0 Å². The fourth-order valence-electron chi connectivity index (χ4n) is 1.92. The molecule has 2 aromatic carbocycles. The Morgan fingerprint density at radius 2 is 1.86 bits per heavy atom. The van der Waals surface area contributed by atoms with Crippen molar-refractivity contribution >= 4 is 5.69 Å². The summed E-state index contributed by atoms with van der Waals surface area (Å²) in [5.74, 6) is -0.392. The predicted octanol–water partition coefficient (Wildman–Crippen LogP) is 3.19. The van der Waals surface area contributed by atoms with Gasteiger partial charge in [0.15, 0.2) is 5.82 Å². The molecule has 0 aliphatic rings. The van der Waals surface area contributed by atoms with Crippen molar-refractivity contribution in [2.45, 2.75) is 6.42 Å². The molecular weight excluding hydrogens is 276 g/mol. The molecule has 0 atom stereocenters. The van der Waals surface area contributed by atoms with E-state index >= 15 is 0 Å². The van der Waals surface area contributed by atoms with Crippen LogP contribution in [0.2, 0.25) is 0 Å². The first-order chi connectivity index (χ1) is 10.1. The first-order valence-corrected chi connectivity index (χ1v) is 6.25. The summed E-state index contributed by atoms with van der Waals surface area (Å²) in [7, 11) is 0. The minimum absolute atomic E-state index is 0.0462. The lowest BCUT2D eigenvalue weighted by Gasteiger charge is -1.98. The van der Waals surface area contributed by atoms with Crippen molar-refractivity contribution in [1.29, 1.82) is 0 Å². The highest BCUT2D eigenvalue weighted by atomic mass is 19.1. The number of hydrogen-bond acceptors (Lipinski definition) is 4. The van der Waals surface area contributed by atoms with Crippen LogP contribution < -0.4 is 5.73 Å². The number of anilines is 1. The molecule has 0 amide bonds. The van der Waals surface area contributed by atoms with Gasteiger partial charge in [0, 0.05) is 12.0 Å². The Balaban J connectivity index is 1.86. The minimum atomic E-state index is -0.554. The molecule has 4 nitrogen and oxygen atoms in total. The lowest BCUT2D eigenvalue weighted by Crippen LogP contribution is -1.94. The molecule has 0 aliphatic heterocycles. The average molecular weight is 287 g/mol. The molecule has 0 spiro atoms. The molecule has 1 heterocycles. The number of halogens is 2. The standard InChI is InChI=1S/C15H11F2N3O/c16-11-4-2-1-3-9(11)8-14-19-15(21-20-14)10-5-6-13(18)12(17)7-10/h1-7H,8,18H2. The fourth-order valence-corrected chi connectivity index (χ4v) is 1.92. The van der Waals surface area contributed by atoms with Gasteiger partial charge in [0.2, 0.25) is 0 Å². The lowest BCUT2D eigenvalue weighted by atomic mass is 10.1. The van der Waals surface area contributed by atoms with E-state index in [2.05, 4.69) is 10.1 Å². The molecule has 0 unspecified atom stereocenters. The van der Waals surface area contributed by atoms with Crippen molar-refractivity contribution in [1.82, 2.24) is 10.1 Å². The first kappa shape index (κ1) is 13.2. The van der Waals surface area contributed by atoms with E-state index in [9.17, 15) is 8.78 Å². The summed E-state index contributed by atoms with van der Waals surface area (Å²) >= 11 is 0. The Morgan fingerprint density at radius 1 is 1.05 bits per heavy atom. The quantitative estimate of drug-likeness (QED) is 0.751. The van der Waals surface area contributed by atoms with Crippen LogP contribution in [0.25, 0.3) is 11.5 Å². The van der Waals surface area contributed by atoms with Crippen molar-refractivity contribution in [3.8, 4) is 11.5 Å². The van der Waals surface area contributed by atoms with E-state index in [1.165, 1.54) is 18.2 Å². The smallest absolute Gasteiger partial charge is 0.258 e. The Bertz CT molecular complexity index is 786. The topological polar surface area (TPSA) is 64.9 Å². The van der Waals surface area contributed by atoms with Crippen LogP contribution in [0.15, 0.2) is 47.0 Å². The Kier molecular flexibility index (Phi) is 3.35. The molecule has 0 aliphatic carbocycles. The summed E-state index contributed by atoms with van der Waals surface area (Å²) in [5.41, 5.74) is 6.34. The van der Waals surface area contributed by atoms with Crippen LogP contribution in [-0.2, 0) is 6.42 Å². The third-order valence-corrected chi connectivity index (χ3v) is 3.02. The Hall–Kier alpha value is -2.76. The molecule has 21 heavy (non-hydrogen) atoms. The lowest BCUT2D eigenvalue weighted by molar-refractivity contribution is 0.423. The van der Waals surface area contributed by atoms with Gasteiger partial charge in [0.1, 0.15) is 11.6 Å². The summed E-state index contributed by atoms with van der Waals surface area (Å²) in [6.07, 6.45) is 0.202. The number of nitrogens with zero attached hydrogens (tertiary/aromatic N) is 2. The van der Waals surface area contributed by atoms with Gasteiger partial charge in [0.25, 0.3) is 5.89 Å². The first-order valence-electron chi connectivity index (χ1n) is 6.25. The highest BCUT2D eigenvalue weighted by molar-refractivity contribution is 5.57. The molecule has 0 bridgehead atoms. The number of nitrogen functional groups attached to an aromatic ring is 1. The number of rotatable bonds is 3. The van der Waals surface area contributed by atoms with E-state index in [1.54, 1.807) is 24.3 Å². The Labute approximate surface area is 119 Å². The van der Waals surface area contributed by atoms with Crippen LogP contribution in [0.1, 0.15) is 11.4 Å². The average Bonchev–Trinajstić information content (AvgIpc) is 2.93. The maximum absolute atomic E-state index is 13.6. The third kappa shape index (κ3) is 2.74. The van der Waals surface area contributed by atoms with Crippen molar-refractivity contribution < 1.29 is 13.3 Å². The maximum Gasteiger partial charge on any atom is 0.258 e. The number of aromatic nitrogens is 2. The largest absolute Gasteiger partial charge is 0.396 e. The van der Waals surface area contributed by atoms with Gasteiger partial charge in [-0.2, -0.15) is 4.98 Å². The highest BCUT2D eigenvalue weighted by Gasteiger charge is 2.12. The van der Waals surface area contributed by atoms with Crippen LogP contribution in [0, 0.1) is 11.6 Å². The zero-order valence-electron chi connectivity index (χ0n) is 10.9. The number of hydrogen-bond donors (Lipinski definition) is 1. The van der Waals surface area contributed by atoms with Crippen LogP contribution in [0.4, 0.5) is 14.5 Å². The maximum atomic E-state index is 13.6. The van der Waals surface area contributed by atoms with Crippen LogP contribution in [-0.4, -0.2) is 10.1 Å².